The highest BCUT2D eigenvalue weighted by atomic mass is 32.2. The topological polar surface area (TPSA) is 40.1 Å². The summed E-state index contributed by atoms with van der Waals surface area (Å²) in [6.07, 6.45) is -2.78. The maximum absolute atomic E-state index is 10.4. The van der Waals surface area contributed by atoms with E-state index in [1.165, 1.54) is 0 Å². The lowest BCUT2D eigenvalue weighted by molar-refractivity contribution is 0.113. The summed E-state index contributed by atoms with van der Waals surface area (Å²) >= 11 is -1.93. The van der Waals surface area contributed by atoms with Crippen molar-refractivity contribution < 1.29 is 21.9 Å². The third-order valence-electron chi connectivity index (χ3n) is 0.617. The molecule has 1 atom stereocenters. The number of alkyl halides is 3. The van der Waals surface area contributed by atoms with Gasteiger partial charge >= 0.3 is 0 Å². The molecular weight excluding hydrogens is 193 g/mol. The van der Waals surface area contributed by atoms with Gasteiger partial charge < -0.3 is 4.55 Å². The van der Waals surface area contributed by atoms with Crippen LogP contribution in [0.5, 0.6) is 0 Å². The van der Waals surface area contributed by atoms with E-state index in [2.05, 4.69) is 0 Å². The van der Waals surface area contributed by atoms with E-state index in [-0.39, 0.29) is 0 Å². The second-order valence-electron chi connectivity index (χ2n) is 2.89. The minimum atomic E-state index is -2.78. The number of rotatable bonds is 1. The van der Waals surface area contributed by atoms with Gasteiger partial charge in [-0.25, -0.2) is 13.2 Å². The Hall–Kier alpha value is -0.100. The fraction of sp³-hybridized carbons (Fsp3) is 1.00. The molecule has 12 heavy (non-hydrogen) atoms. The highest BCUT2D eigenvalue weighted by Crippen LogP contribution is 2.06. The molecule has 0 radical (unpaired) electrons. The normalized spacial score (nSPS) is 13.7. The average Bonchev–Trinajstić information content (AvgIpc) is 1.87. The van der Waals surface area contributed by atoms with Crippen molar-refractivity contribution in [2.75, 3.05) is 6.67 Å². The molecule has 0 aromatic rings. The lowest BCUT2D eigenvalue weighted by Crippen LogP contribution is -2.20. The first-order valence-corrected chi connectivity index (χ1v) is 4.22. The Morgan fingerprint density at radius 2 is 1.58 bits per heavy atom. The molecule has 0 saturated carbocycles. The molecule has 0 saturated heterocycles. The predicted molar refractivity (Wildman–Crippen MR) is 40.7 cm³/mol. The summed E-state index contributed by atoms with van der Waals surface area (Å²) in [7, 11) is 0. The summed E-state index contributed by atoms with van der Waals surface area (Å²) < 4.78 is 50.6. The minimum absolute atomic E-state index is 0.583. The zero-order chi connectivity index (χ0) is 10.4. The summed E-state index contributed by atoms with van der Waals surface area (Å²) in [6, 6.07) is 0. The van der Waals surface area contributed by atoms with E-state index in [9.17, 15) is 21.9 Å². The van der Waals surface area contributed by atoms with E-state index in [1.54, 1.807) is 20.8 Å². The zero-order valence-corrected chi connectivity index (χ0v) is 7.96. The van der Waals surface area contributed by atoms with Crippen LogP contribution in [0.15, 0.2) is 0 Å². The Morgan fingerprint density at radius 1 is 1.42 bits per heavy atom. The quantitative estimate of drug-likeness (QED) is 0.613. The van der Waals surface area contributed by atoms with Crippen LogP contribution in [0.2, 0.25) is 0 Å². The van der Waals surface area contributed by atoms with Crippen LogP contribution in [0.25, 0.3) is 0 Å². The number of halogens is 3. The van der Waals surface area contributed by atoms with E-state index < -0.39 is 28.9 Å². The van der Waals surface area contributed by atoms with Crippen molar-refractivity contribution >= 4 is 11.1 Å². The van der Waals surface area contributed by atoms with E-state index in [0.717, 1.165) is 0 Å². The lowest BCUT2D eigenvalue weighted by Gasteiger charge is -2.20. The van der Waals surface area contributed by atoms with Crippen LogP contribution in [0.4, 0.5) is 13.2 Å². The molecule has 0 N–H and O–H groups in total. The largest absolute Gasteiger partial charge is 0.772 e. The first kappa shape index (κ1) is 14.4. The molecule has 0 aliphatic rings. The van der Waals surface area contributed by atoms with Gasteiger partial charge in [0.05, 0.1) is 0 Å². The van der Waals surface area contributed by atoms with Gasteiger partial charge in [0.15, 0.2) is 6.67 Å². The molecule has 2 nitrogen and oxygen atoms in total. The van der Waals surface area contributed by atoms with Crippen molar-refractivity contribution in [1.29, 1.82) is 0 Å². The third-order valence-corrected chi connectivity index (χ3v) is 1.62. The van der Waals surface area contributed by atoms with Crippen LogP contribution in [0.3, 0.4) is 0 Å². The SMILES string of the molecule is CC(C)(C)S(=O)[O-].FCC(F)F. The number of hydrogen-bond acceptors (Lipinski definition) is 2. The number of hydrogen-bond donors (Lipinski definition) is 0. The van der Waals surface area contributed by atoms with Crippen LogP contribution in [-0.2, 0) is 11.1 Å². The molecule has 0 aliphatic heterocycles. The molecule has 0 amide bonds. The molecule has 0 aromatic heterocycles. The van der Waals surface area contributed by atoms with Gasteiger partial charge in [-0.2, -0.15) is 0 Å². The van der Waals surface area contributed by atoms with Crippen molar-refractivity contribution in [3.05, 3.63) is 0 Å². The second-order valence-corrected chi connectivity index (χ2v) is 4.59. The van der Waals surface area contributed by atoms with Gasteiger partial charge in [0, 0.05) is 4.75 Å². The molecule has 0 bridgehead atoms. The summed E-state index contributed by atoms with van der Waals surface area (Å²) in [5.41, 5.74) is 0. The summed E-state index contributed by atoms with van der Waals surface area (Å²) in [5, 5.41) is 0. The first-order valence-electron chi connectivity index (χ1n) is 3.15. The standard InChI is InChI=1S/C4H10O2S.C2H3F3/c1-4(2,3)7(5)6;3-1-2(4)5/h1-3H3,(H,5,6);2H,1H2/p-1. The zero-order valence-electron chi connectivity index (χ0n) is 7.14. The maximum Gasteiger partial charge on any atom is 0.266 e. The Labute approximate surface area is 72.4 Å². The van der Waals surface area contributed by atoms with Crippen molar-refractivity contribution in [3.8, 4) is 0 Å². The molecule has 1 unspecified atom stereocenters. The molecule has 0 aliphatic carbocycles. The fourth-order valence-electron chi connectivity index (χ4n) is 0. The van der Waals surface area contributed by atoms with Crippen LogP contribution in [0, 0.1) is 0 Å². The molecule has 0 heterocycles. The molecule has 0 fully saturated rings. The van der Waals surface area contributed by atoms with Gasteiger partial charge in [0.2, 0.25) is 0 Å². The Bertz CT molecular complexity index is 133. The van der Waals surface area contributed by atoms with Crippen molar-refractivity contribution in [3.63, 3.8) is 0 Å². The monoisotopic (exact) mass is 205 g/mol. The van der Waals surface area contributed by atoms with E-state index in [1.807, 2.05) is 0 Å². The van der Waals surface area contributed by atoms with Gasteiger partial charge in [0.1, 0.15) is 0 Å². The summed E-state index contributed by atoms with van der Waals surface area (Å²) in [5.74, 6) is 0. The van der Waals surface area contributed by atoms with Crippen LogP contribution in [0.1, 0.15) is 20.8 Å². The molecule has 76 valence electrons. The minimum Gasteiger partial charge on any atom is -0.772 e. The average molecular weight is 205 g/mol. The van der Waals surface area contributed by atoms with Crippen molar-refractivity contribution in [2.45, 2.75) is 31.9 Å². The van der Waals surface area contributed by atoms with Crippen LogP contribution in [-0.4, -0.2) is 26.6 Å². The van der Waals surface area contributed by atoms with E-state index in [0.29, 0.717) is 0 Å². The molecular formula is C6H12F3O2S-. The smallest absolute Gasteiger partial charge is 0.266 e. The van der Waals surface area contributed by atoms with Crippen LogP contribution < -0.4 is 0 Å². The maximum atomic E-state index is 10.4. The van der Waals surface area contributed by atoms with Gasteiger partial charge in [-0.15, -0.1) is 0 Å². The molecule has 0 rings (SSSR count). The van der Waals surface area contributed by atoms with Gasteiger partial charge in [-0.1, -0.05) is 0 Å². The van der Waals surface area contributed by atoms with E-state index >= 15 is 0 Å². The molecule has 0 spiro atoms. The fourth-order valence-corrected chi connectivity index (χ4v) is 0. The highest BCUT2D eigenvalue weighted by molar-refractivity contribution is 7.80. The Morgan fingerprint density at radius 3 is 1.58 bits per heavy atom. The summed E-state index contributed by atoms with van der Waals surface area (Å²) in [4.78, 5) is 0. The second kappa shape index (κ2) is 6.42. The highest BCUT2D eigenvalue weighted by Gasteiger charge is 2.08. The molecule has 0 aromatic carbocycles. The van der Waals surface area contributed by atoms with Crippen molar-refractivity contribution in [1.82, 2.24) is 0 Å². The van der Waals surface area contributed by atoms with Crippen LogP contribution >= 0.6 is 0 Å². The Balaban J connectivity index is 0. The van der Waals surface area contributed by atoms with Gasteiger partial charge in [0.25, 0.3) is 6.43 Å². The van der Waals surface area contributed by atoms with E-state index in [4.69, 9.17) is 0 Å². The lowest BCUT2D eigenvalue weighted by atomic mass is 10.3. The van der Waals surface area contributed by atoms with Gasteiger partial charge in [-0.3, -0.25) is 4.21 Å². The first-order chi connectivity index (χ1) is 5.21. The van der Waals surface area contributed by atoms with Crippen molar-refractivity contribution in [2.24, 2.45) is 0 Å². The third kappa shape index (κ3) is 12.6. The predicted octanol–water partition coefficient (Wildman–Crippen LogP) is 1.89. The summed E-state index contributed by atoms with van der Waals surface area (Å²) in [6.45, 7) is 3.42. The Kier molecular flexibility index (Phi) is 7.72. The van der Waals surface area contributed by atoms with Gasteiger partial charge in [-0.05, 0) is 31.9 Å². The molecule has 6 heteroatoms.